The predicted molar refractivity (Wildman–Crippen MR) is 99.3 cm³/mol. The Bertz CT molecular complexity index is 827. The number of fused-ring (bicyclic) bond motifs is 1. The van der Waals surface area contributed by atoms with Gasteiger partial charge in [-0.2, -0.15) is 0 Å². The zero-order valence-electron chi connectivity index (χ0n) is 15.5. The van der Waals surface area contributed by atoms with E-state index >= 15 is 0 Å². The number of H-pyrrole nitrogens is 1. The Labute approximate surface area is 160 Å². The van der Waals surface area contributed by atoms with Crippen molar-refractivity contribution in [2.45, 2.75) is 24.9 Å². The summed E-state index contributed by atoms with van der Waals surface area (Å²) in [5.41, 5.74) is -0.557. The molecule has 154 valence electrons. The first-order valence-corrected chi connectivity index (χ1v) is 8.28. The van der Waals surface area contributed by atoms with E-state index in [0.29, 0.717) is 5.75 Å². The van der Waals surface area contributed by atoms with Crippen LogP contribution in [0.4, 0.5) is 0 Å². The van der Waals surface area contributed by atoms with Gasteiger partial charge in [0.2, 0.25) is 0 Å². The normalized spacial score (nSPS) is 11.1. The third-order valence-electron chi connectivity index (χ3n) is 3.88. The van der Waals surface area contributed by atoms with E-state index in [2.05, 4.69) is 24.0 Å². The zero-order chi connectivity index (χ0) is 21.5. The summed E-state index contributed by atoms with van der Waals surface area (Å²) in [7, 11) is 4.10. The summed E-state index contributed by atoms with van der Waals surface area (Å²) in [6, 6.07) is 5.56. The fourth-order valence-electron chi connectivity index (χ4n) is 2.49. The number of aromatic hydroxyl groups is 1. The number of phenols is 1. The highest BCUT2D eigenvalue weighted by molar-refractivity contribution is 5.89. The molecule has 1 aromatic heterocycles. The quantitative estimate of drug-likeness (QED) is 0.376. The second-order valence-electron chi connectivity index (χ2n) is 6.54. The van der Waals surface area contributed by atoms with Crippen LogP contribution < -0.4 is 0 Å². The van der Waals surface area contributed by atoms with Crippen LogP contribution in [0.15, 0.2) is 24.4 Å². The molecule has 0 unspecified atom stereocenters. The Kier molecular flexibility index (Phi) is 7.96. The molecule has 0 aliphatic rings. The Hall–Kier alpha value is -3.11. The lowest BCUT2D eigenvalue weighted by Crippen LogP contribution is -2.42. The maximum atomic E-state index is 10.3. The predicted octanol–water partition coefficient (Wildman–Crippen LogP) is 0.729. The fraction of sp³-hybridized carbons (Fsp3) is 0.389. The monoisotopic (exact) mass is 396 g/mol. The molecule has 10 heteroatoms. The largest absolute Gasteiger partial charge is 0.507 e. The molecule has 0 spiro atoms. The Balaban J connectivity index is 0.000000284. The van der Waals surface area contributed by atoms with Gasteiger partial charge in [-0.3, -0.25) is 9.59 Å². The molecule has 0 fully saturated rings. The molecular weight excluding hydrogens is 372 g/mol. The molecule has 1 aromatic carbocycles. The number of benzene rings is 1. The SMILES string of the molecule is CN(C)CCc1c[nH]c2cccc(O)c12.O=C(O)CC(O)(CC(=O)O)C(=O)O. The first kappa shape index (κ1) is 22.9. The second kappa shape index (κ2) is 9.72. The van der Waals surface area contributed by atoms with E-state index < -0.39 is 36.4 Å². The highest BCUT2D eigenvalue weighted by atomic mass is 16.4. The molecule has 28 heavy (non-hydrogen) atoms. The number of aliphatic carboxylic acids is 3. The first-order valence-electron chi connectivity index (χ1n) is 8.28. The van der Waals surface area contributed by atoms with E-state index in [9.17, 15) is 19.5 Å². The van der Waals surface area contributed by atoms with Gasteiger partial charge in [-0.1, -0.05) is 6.07 Å². The number of nitrogens with zero attached hydrogens (tertiary/aromatic N) is 1. The highest BCUT2D eigenvalue weighted by Crippen LogP contribution is 2.27. The lowest BCUT2D eigenvalue weighted by Gasteiger charge is -2.18. The minimum atomic E-state index is -2.74. The number of carbonyl (C=O) groups is 3. The van der Waals surface area contributed by atoms with Crippen molar-refractivity contribution in [3.63, 3.8) is 0 Å². The van der Waals surface area contributed by atoms with Gasteiger partial charge in [-0.05, 0) is 38.2 Å². The van der Waals surface area contributed by atoms with Crippen molar-refractivity contribution in [2.75, 3.05) is 20.6 Å². The van der Waals surface area contributed by atoms with E-state index in [-0.39, 0.29) is 0 Å². The number of carboxylic acid groups (broad SMARTS) is 3. The number of aromatic amines is 1. The van der Waals surface area contributed by atoms with Gasteiger partial charge in [0.1, 0.15) is 5.75 Å². The van der Waals surface area contributed by atoms with Crippen molar-refractivity contribution in [3.8, 4) is 5.75 Å². The van der Waals surface area contributed by atoms with Crippen molar-refractivity contribution in [2.24, 2.45) is 0 Å². The van der Waals surface area contributed by atoms with Crippen LogP contribution in [0.1, 0.15) is 18.4 Å². The average Bonchev–Trinajstić information content (AvgIpc) is 2.96. The lowest BCUT2D eigenvalue weighted by molar-refractivity contribution is -0.170. The van der Waals surface area contributed by atoms with E-state index in [0.717, 1.165) is 23.9 Å². The minimum Gasteiger partial charge on any atom is -0.507 e. The van der Waals surface area contributed by atoms with E-state index in [1.54, 1.807) is 6.07 Å². The van der Waals surface area contributed by atoms with Gasteiger partial charge >= 0.3 is 17.9 Å². The number of aromatic nitrogens is 1. The summed E-state index contributed by atoms with van der Waals surface area (Å²) in [6.07, 6.45) is 0.641. The van der Waals surface area contributed by atoms with E-state index in [4.69, 9.17) is 20.4 Å². The molecule has 0 bridgehead atoms. The maximum Gasteiger partial charge on any atom is 0.336 e. The van der Waals surface area contributed by atoms with Crippen LogP contribution in [0.2, 0.25) is 0 Å². The van der Waals surface area contributed by atoms with Crippen LogP contribution in [0.25, 0.3) is 10.9 Å². The van der Waals surface area contributed by atoms with Crippen LogP contribution in [0, 0.1) is 0 Å². The molecule has 0 amide bonds. The number of likely N-dealkylation sites (N-methyl/N-ethyl adjacent to an activating group) is 1. The minimum absolute atomic E-state index is 0.363. The Morgan fingerprint density at radius 2 is 1.64 bits per heavy atom. The molecule has 0 atom stereocenters. The van der Waals surface area contributed by atoms with Gasteiger partial charge in [0.25, 0.3) is 0 Å². The summed E-state index contributed by atoms with van der Waals surface area (Å²) in [5.74, 6) is -4.66. The third-order valence-corrected chi connectivity index (χ3v) is 3.88. The van der Waals surface area contributed by atoms with Gasteiger partial charge in [0.15, 0.2) is 5.60 Å². The second-order valence-corrected chi connectivity index (χ2v) is 6.54. The Morgan fingerprint density at radius 3 is 2.11 bits per heavy atom. The number of hydrogen-bond donors (Lipinski definition) is 6. The molecule has 0 saturated carbocycles. The van der Waals surface area contributed by atoms with E-state index in [1.165, 1.54) is 5.56 Å². The summed E-state index contributed by atoms with van der Waals surface area (Å²) < 4.78 is 0. The van der Waals surface area contributed by atoms with Crippen LogP contribution >= 0.6 is 0 Å². The van der Waals surface area contributed by atoms with Crippen molar-refractivity contribution in [3.05, 3.63) is 30.0 Å². The van der Waals surface area contributed by atoms with Gasteiger partial charge in [-0.15, -0.1) is 0 Å². The fourth-order valence-corrected chi connectivity index (χ4v) is 2.49. The number of carboxylic acids is 3. The molecule has 0 aliphatic heterocycles. The molecule has 6 N–H and O–H groups in total. The zero-order valence-corrected chi connectivity index (χ0v) is 15.5. The number of aliphatic hydroxyl groups is 1. The molecule has 0 aliphatic carbocycles. The molecular formula is C18H24N2O8. The summed E-state index contributed by atoms with van der Waals surface area (Å²) in [4.78, 5) is 35.8. The van der Waals surface area contributed by atoms with Crippen molar-refractivity contribution < 1.29 is 39.9 Å². The molecule has 1 heterocycles. The first-order chi connectivity index (χ1) is 13.0. The van der Waals surface area contributed by atoms with Gasteiger partial charge in [0, 0.05) is 23.6 Å². The van der Waals surface area contributed by atoms with Crippen LogP contribution in [-0.2, 0) is 20.8 Å². The smallest absolute Gasteiger partial charge is 0.336 e. The number of hydrogen-bond acceptors (Lipinski definition) is 6. The Morgan fingerprint density at radius 1 is 1.07 bits per heavy atom. The molecule has 10 nitrogen and oxygen atoms in total. The number of nitrogens with one attached hydrogen (secondary N) is 1. The average molecular weight is 396 g/mol. The van der Waals surface area contributed by atoms with Crippen molar-refractivity contribution >= 4 is 28.8 Å². The van der Waals surface area contributed by atoms with Gasteiger partial charge < -0.3 is 35.4 Å². The van der Waals surface area contributed by atoms with Crippen LogP contribution in [0.3, 0.4) is 0 Å². The topological polar surface area (TPSA) is 171 Å². The number of rotatable bonds is 8. The lowest BCUT2D eigenvalue weighted by atomic mass is 9.96. The third kappa shape index (κ3) is 6.56. The highest BCUT2D eigenvalue weighted by Gasteiger charge is 2.40. The summed E-state index contributed by atoms with van der Waals surface area (Å²) >= 11 is 0. The maximum absolute atomic E-state index is 10.3. The van der Waals surface area contributed by atoms with Crippen molar-refractivity contribution in [1.82, 2.24) is 9.88 Å². The molecule has 0 radical (unpaired) electrons. The van der Waals surface area contributed by atoms with E-state index in [1.807, 2.05) is 18.3 Å². The van der Waals surface area contributed by atoms with Crippen LogP contribution in [0.5, 0.6) is 5.75 Å². The van der Waals surface area contributed by atoms with Gasteiger partial charge in [0.05, 0.1) is 12.8 Å². The molecule has 2 rings (SSSR count). The molecule has 2 aromatic rings. The standard InChI is InChI=1S/C12H16N2O.C6H8O7/c1-14(2)7-6-9-8-13-10-4-3-5-11(15)12(9)10;7-3(8)1-6(13,5(11)12)2-4(9)10/h3-5,8,13,15H,6-7H2,1-2H3;13H,1-2H2,(H,7,8)(H,9,10)(H,11,12). The van der Waals surface area contributed by atoms with Gasteiger partial charge in [-0.25, -0.2) is 4.79 Å². The number of phenolic OH excluding ortho intramolecular Hbond substituents is 1. The summed E-state index contributed by atoms with van der Waals surface area (Å²) in [6.45, 7) is 0.987. The van der Waals surface area contributed by atoms with Crippen LogP contribution in [-0.4, -0.2) is 79.6 Å². The molecule has 0 saturated heterocycles. The summed E-state index contributed by atoms with van der Waals surface area (Å²) in [5, 5.41) is 44.5. The van der Waals surface area contributed by atoms with Crippen molar-refractivity contribution in [1.29, 1.82) is 0 Å².